The fraction of sp³-hybridized carbons (Fsp3) is 0.583. The Bertz CT molecular complexity index is 469. The van der Waals surface area contributed by atoms with Gasteiger partial charge in [-0.2, -0.15) is 0 Å². The van der Waals surface area contributed by atoms with Crippen molar-refractivity contribution in [2.24, 2.45) is 5.92 Å². The average Bonchev–Trinajstić information content (AvgIpc) is 2.36. The molecule has 1 unspecified atom stereocenters. The first kappa shape index (κ1) is 14.9. The minimum Gasteiger partial charge on any atom is -0.370 e. The molecule has 0 fully saturated rings. The SMILES string of the molecule is CCC(C)CNc1ccc(S(=O)(=O)N(C)C)cn1. The molecule has 0 saturated heterocycles. The van der Waals surface area contributed by atoms with E-state index in [4.69, 9.17) is 0 Å². The number of sulfonamides is 1. The van der Waals surface area contributed by atoms with Crippen molar-refractivity contribution in [2.75, 3.05) is 26.0 Å². The maximum Gasteiger partial charge on any atom is 0.244 e. The third-order valence-corrected chi connectivity index (χ3v) is 4.64. The lowest BCUT2D eigenvalue weighted by Crippen LogP contribution is -2.22. The highest BCUT2D eigenvalue weighted by Crippen LogP contribution is 2.14. The van der Waals surface area contributed by atoms with E-state index in [0.29, 0.717) is 11.7 Å². The molecule has 0 spiro atoms. The van der Waals surface area contributed by atoms with Gasteiger partial charge in [0.15, 0.2) is 0 Å². The zero-order valence-corrected chi connectivity index (χ0v) is 12.2. The van der Waals surface area contributed by atoms with Crippen molar-refractivity contribution in [1.29, 1.82) is 0 Å². The summed E-state index contributed by atoms with van der Waals surface area (Å²) in [5.74, 6) is 1.27. The maximum absolute atomic E-state index is 11.8. The number of nitrogens with one attached hydrogen (secondary N) is 1. The molecule has 0 radical (unpaired) electrons. The summed E-state index contributed by atoms with van der Waals surface area (Å²) in [4.78, 5) is 4.33. The maximum atomic E-state index is 11.8. The largest absolute Gasteiger partial charge is 0.370 e. The molecule has 0 aliphatic carbocycles. The topological polar surface area (TPSA) is 62.3 Å². The summed E-state index contributed by atoms with van der Waals surface area (Å²) in [6.07, 6.45) is 2.48. The lowest BCUT2D eigenvalue weighted by atomic mass is 10.1. The van der Waals surface area contributed by atoms with Crippen molar-refractivity contribution in [1.82, 2.24) is 9.29 Å². The molecule has 102 valence electrons. The Morgan fingerprint density at radius 2 is 2.06 bits per heavy atom. The molecule has 1 atom stereocenters. The molecule has 5 nitrogen and oxygen atoms in total. The van der Waals surface area contributed by atoms with Gasteiger partial charge in [0.2, 0.25) is 10.0 Å². The standard InChI is InChI=1S/C12H21N3O2S/c1-5-10(2)8-13-12-7-6-11(9-14-12)18(16,17)15(3)4/h6-7,9-10H,5,8H2,1-4H3,(H,13,14). The molecule has 1 aromatic heterocycles. The van der Waals surface area contributed by atoms with Gasteiger partial charge in [0.25, 0.3) is 0 Å². The van der Waals surface area contributed by atoms with E-state index in [2.05, 4.69) is 24.1 Å². The molecule has 0 amide bonds. The highest BCUT2D eigenvalue weighted by atomic mass is 32.2. The van der Waals surface area contributed by atoms with Crippen LogP contribution in [0.5, 0.6) is 0 Å². The van der Waals surface area contributed by atoms with Crippen molar-refractivity contribution in [3.8, 4) is 0 Å². The molecule has 0 aromatic carbocycles. The average molecular weight is 271 g/mol. The van der Waals surface area contributed by atoms with E-state index in [-0.39, 0.29) is 4.90 Å². The summed E-state index contributed by atoms with van der Waals surface area (Å²) < 4.78 is 24.8. The summed E-state index contributed by atoms with van der Waals surface area (Å²) in [6.45, 7) is 5.12. The van der Waals surface area contributed by atoms with Gasteiger partial charge in [-0.05, 0) is 18.1 Å². The van der Waals surface area contributed by atoms with Crippen molar-refractivity contribution < 1.29 is 8.42 Å². The Hall–Kier alpha value is -1.14. The van der Waals surface area contributed by atoms with Crippen molar-refractivity contribution in [3.63, 3.8) is 0 Å². The third-order valence-electron chi connectivity index (χ3n) is 2.84. The molecule has 6 heteroatoms. The van der Waals surface area contributed by atoms with Gasteiger partial charge >= 0.3 is 0 Å². The van der Waals surface area contributed by atoms with Crippen LogP contribution in [0.2, 0.25) is 0 Å². The Balaban J connectivity index is 2.75. The summed E-state index contributed by atoms with van der Waals surface area (Å²) >= 11 is 0. The van der Waals surface area contributed by atoms with Crippen LogP contribution >= 0.6 is 0 Å². The molecule has 1 aromatic rings. The minimum atomic E-state index is -3.39. The smallest absolute Gasteiger partial charge is 0.244 e. The van der Waals surface area contributed by atoms with Gasteiger partial charge in [0.1, 0.15) is 10.7 Å². The molecule has 1 heterocycles. The normalized spacial score (nSPS) is 13.6. The zero-order valence-electron chi connectivity index (χ0n) is 11.3. The van der Waals surface area contributed by atoms with Gasteiger partial charge in [0.05, 0.1) is 0 Å². The molecule has 0 bridgehead atoms. The fourth-order valence-corrected chi connectivity index (χ4v) is 2.12. The second kappa shape index (κ2) is 6.15. The summed E-state index contributed by atoms with van der Waals surface area (Å²) in [6, 6.07) is 3.26. The van der Waals surface area contributed by atoms with E-state index >= 15 is 0 Å². The van der Waals surface area contributed by atoms with Gasteiger partial charge in [-0.15, -0.1) is 0 Å². The molecule has 1 N–H and O–H groups in total. The number of anilines is 1. The van der Waals surface area contributed by atoms with Crippen LogP contribution in [0.3, 0.4) is 0 Å². The first-order valence-electron chi connectivity index (χ1n) is 6.00. The second-order valence-electron chi connectivity index (χ2n) is 4.56. The van der Waals surface area contributed by atoms with Crippen LogP contribution in [0, 0.1) is 5.92 Å². The number of hydrogen-bond donors (Lipinski definition) is 1. The Morgan fingerprint density at radius 3 is 2.50 bits per heavy atom. The molecule has 0 saturated carbocycles. The van der Waals surface area contributed by atoms with Crippen LogP contribution in [0.15, 0.2) is 23.2 Å². The molecule has 18 heavy (non-hydrogen) atoms. The second-order valence-corrected chi connectivity index (χ2v) is 6.71. The first-order valence-corrected chi connectivity index (χ1v) is 7.44. The van der Waals surface area contributed by atoms with E-state index in [9.17, 15) is 8.42 Å². The predicted molar refractivity (Wildman–Crippen MR) is 73.1 cm³/mol. The first-order chi connectivity index (χ1) is 8.37. The van der Waals surface area contributed by atoms with Gasteiger partial charge in [-0.3, -0.25) is 0 Å². The van der Waals surface area contributed by atoms with Crippen LogP contribution in [-0.4, -0.2) is 38.3 Å². The number of nitrogens with zero attached hydrogens (tertiary/aromatic N) is 2. The molecule has 1 rings (SSSR count). The monoisotopic (exact) mass is 271 g/mol. The van der Waals surface area contributed by atoms with E-state index in [1.54, 1.807) is 12.1 Å². The van der Waals surface area contributed by atoms with Crippen LogP contribution in [0.25, 0.3) is 0 Å². The third kappa shape index (κ3) is 3.68. The minimum absolute atomic E-state index is 0.210. The van der Waals surface area contributed by atoms with Crippen molar-refractivity contribution in [3.05, 3.63) is 18.3 Å². The Labute approximate surface area is 109 Å². The van der Waals surface area contributed by atoms with E-state index in [1.807, 2.05) is 0 Å². The van der Waals surface area contributed by atoms with E-state index < -0.39 is 10.0 Å². The number of pyridine rings is 1. The van der Waals surface area contributed by atoms with Gasteiger partial charge in [0, 0.05) is 26.8 Å². The van der Waals surface area contributed by atoms with Crippen LogP contribution in [-0.2, 0) is 10.0 Å². The summed E-state index contributed by atoms with van der Waals surface area (Å²) in [5, 5.41) is 3.18. The van der Waals surface area contributed by atoms with Crippen LogP contribution in [0.1, 0.15) is 20.3 Å². The van der Waals surface area contributed by atoms with Gasteiger partial charge in [-0.25, -0.2) is 17.7 Å². The lowest BCUT2D eigenvalue weighted by Gasteiger charge is -2.13. The Kier molecular flexibility index (Phi) is 5.10. The highest BCUT2D eigenvalue weighted by Gasteiger charge is 2.17. The summed E-state index contributed by atoms with van der Waals surface area (Å²) in [5.41, 5.74) is 0. The predicted octanol–water partition coefficient (Wildman–Crippen LogP) is 1.79. The fourth-order valence-electron chi connectivity index (χ4n) is 1.27. The number of aromatic nitrogens is 1. The van der Waals surface area contributed by atoms with Gasteiger partial charge < -0.3 is 5.32 Å². The molecular weight excluding hydrogens is 250 g/mol. The molecule has 0 aliphatic rings. The number of rotatable bonds is 6. The highest BCUT2D eigenvalue weighted by molar-refractivity contribution is 7.89. The molecular formula is C12H21N3O2S. The zero-order chi connectivity index (χ0) is 13.8. The summed E-state index contributed by atoms with van der Waals surface area (Å²) in [7, 11) is -0.378. The van der Waals surface area contributed by atoms with Gasteiger partial charge in [-0.1, -0.05) is 20.3 Å². The van der Waals surface area contributed by atoms with E-state index in [0.717, 1.165) is 13.0 Å². The quantitative estimate of drug-likeness (QED) is 0.857. The molecule has 0 aliphatic heterocycles. The van der Waals surface area contributed by atoms with E-state index in [1.165, 1.54) is 24.6 Å². The Morgan fingerprint density at radius 1 is 1.39 bits per heavy atom. The van der Waals surface area contributed by atoms with Crippen molar-refractivity contribution >= 4 is 15.8 Å². The van der Waals surface area contributed by atoms with Crippen LogP contribution < -0.4 is 5.32 Å². The lowest BCUT2D eigenvalue weighted by molar-refractivity contribution is 0.520. The van der Waals surface area contributed by atoms with Crippen molar-refractivity contribution in [2.45, 2.75) is 25.2 Å². The number of hydrogen-bond acceptors (Lipinski definition) is 4. The van der Waals surface area contributed by atoms with Crippen LogP contribution in [0.4, 0.5) is 5.82 Å².